The summed E-state index contributed by atoms with van der Waals surface area (Å²) in [7, 11) is 3.91. The Labute approximate surface area is 109 Å². The summed E-state index contributed by atoms with van der Waals surface area (Å²) in [6.07, 6.45) is 7.59. The Balaban J connectivity index is 4.26. The molecule has 0 aromatic rings. The lowest BCUT2D eigenvalue weighted by Gasteiger charge is -2.30. The third kappa shape index (κ3) is 7.05. The Morgan fingerprint density at radius 3 is 1.94 bits per heavy atom. The van der Waals surface area contributed by atoms with E-state index in [1.54, 1.807) is 0 Å². The highest BCUT2D eigenvalue weighted by Crippen LogP contribution is 2.24. The lowest BCUT2D eigenvalue weighted by molar-refractivity contribution is 0.0101. The quantitative estimate of drug-likeness (QED) is 0.626. The highest BCUT2D eigenvalue weighted by atomic mass is 16.5. The molecular weight excluding hydrogens is 210 g/mol. The molecule has 0 rings (SSSR count). The third-order valence-electron chi connectivity index (χ3n) is 3.87. The maximum atomic E-state index is 5.50. The Kier molecular flexibility index (Phi) is 8.89. The molecule has 2 heteroatoms. The Morgan fingerprint density at radius 2 is 1.59 bits per heavy atom. The van der Waals surface area contributed by atoms with Crippen molar-refractivity contribution >= 4 is 0 Å². The van der Waals surface area contributed by atoms with Crippen LogP contribution >= 0.6 is 0 Å². The molecule has 1 unspecified atom stereocenters. The zero-order chi connectivity index (χ0) is 13.3. The van der Waals surface area contributed by atoms with Gasteiger partial charge >= 0.3 is 0 Å². The molecule has 0 aromatic carbocycles. The summed E-state index contributed by atoms with van der Waals surface area (Å²) >= 11 is 0. The molecule has 104 valence electrons. The van der Waals surface area contributed by atoms with Crippen molar-refractivity contribution in [1.29, 1.82) is 0 Å². The van der Waals surface area contributed by atoms with Gasteiger partial charge in [-0.15, -0.1) is 0 Å². The lowest BCUT2D eigenvalue weighted by Crippen LogP contribution is -2.36. The smallest absolute Gasteiger partial charge is 0.0623 e. The SMILES string of the molecule is CCCC(CCC)C(CCC(C)(C)OC)NC. The van der Waals surface area contributed by atoms with Crippen molar-refractivity contribution in [1.82, 2.24) is 5.32 Å². The molecule has 0 aliphatic carbocycles. The second kappa shape index (κ2) is 8.93. The van der Waals surface area contributed by atoms with Crippen LogP contribution < -0.4 is 5.32 Å². The van der Waals surface area contributed by atoms with Gasteiger partial charge in [-0.2, -0.15) is 0 Å². The molecule has 0 amide bonds. The molecule has 2 nitrogen and oxygen atoms in total. The van der Waals surface area contributed by atoms with Gasteiger partial charge in [0.05, 0.1) is 5.60 Å². The molecule has 0 spiro atoms. The summed E-state index contributed by atoms with van der Waals surface area (Å²) in [6.45, 7) is 8.92. The first-order valence-corrected chi connectivity index (χ1v) is 7.23. The van der Waals surface area contributed by atoms with E-state index in [-0.39, 0.29) is 5.60 Å². The first kappa shape index (κ1) is 16.9. The molecule has 17 heavy (non-hydrogen) atoms. The molecule has 0 aliphatic heterocycles. The van der Waals surface area contributed by atoms with Crippen LogP contribution in [0.1, 0.15) is 66.2 Å². The summed E-state index contributed by atoms with van der Waals surface area (Å²) in [5.41, 5.74) is 0.0120. The zero-order valence-corrected chi connectivity index (χ0v) is 12.8. The van der Waals surface area contributed by atoms with Crippen LogP contribution in [0.15, 0.2) is 0 Å². The average molecular weight is 243 g/mol. The summed E-state index contributed by atoms with van der Waals surface area (Å²) < 4.78 is 5.50. The van der Waals surface area contributed by atoms with Crippen LogP contribution in [0.4, 0.5) is 0 Å². The fourth-order valence-electron chi connectivity index (χ4n) is 2.51. The van der Waals surface area contributed by atoms with Crippen molar-refractivity contribution in [2.45, 2.75) is 77.9 Å². The van der Waals surface area contributed by atoms with Crippen LogP contribution in [-0.2, 0) is 4.74 Å². The van der Waals surface area contributed by atoms with Crippen LogP contribution in [0.5, 0.6) is 0 Å². The van der Waals surface area contributed by atoms with E-state index in [0.717, 1.165) is 12.3 Å². The highest BCUT2D eigenvalue weighted by molar-refractivity contribution is 4.79. The van der Waals surface area contributed by atoms with Crippen molar-refractivity contribution in [3.8, 4) is 0 Å². The van der Waals surface area contributed by atoms with Gasteiger partial charge in [0.2, 0.25) is 0 Å². The molecule has 0 saturated heterocycles. The van der Waals surface area contributed by atoms with Gasteiger partial charge in [0.15, 0.2) is 0 Å². The van der Waals surface area contributed by atoms with E-state index >= 15 is 0 Å². The first-order chi connectivity index (χ1) is 8.00. The van der Waals surface area contributed by atoms with E-state index in [1.807, 2.05) is 7.11 Å². The lowest BCUT2D eigenvalue weighted by atomic mass is 9.85. The Bertz CT molecular complexity index is 174. The number of ether oxygens (including phenoxy) is 1. The Morgan fingerprint density at radius 1 is 1.06 bits per heavy atom. The standard InChI is InChI=1S/C15H33NO/c1-7-9-13(10-8-2)14(16-5)11-12-15(3,4)17-6/h13-14,16H,7-12H2,1-6H3. The van der Waals surface area contributed by atoms with Crippen LogP contribution in [0.2, 0.25) is 0 Å². The second-order valence-corrected chi connectivity index (χ2v) is 5.74. The highest BCUT2D eigenvalue weighted by Gasteiger charge is 2.23. The second-order valence-electron chi connectivity index (χ2n) is 5.74. The van der Waals surface area contributed by atoms with Gasteiger partial charge in [-0.05, 0) is 52.5 Å². The van der Waals surface area contributed by atoms with Gasteiger partial charge in [0.1, 0.15) is 0 Å². The predicted octanol–water partition coefficient (Wildman–Crippen LogP) is 4.00. The molecule has 0 aliphatic rings. The van der Waals surface area contributed by atoms with Gasteiger partial charge < -0.3 is 10.1 Å². The molecular formula is C15H33NO. The molecule has 0 heterocycles. The minimum Gasteiger partial charge on any atom is -0.379 e. The van der Waals surface area contributed by atoms with Gasteiger partial charge in [0.25, 0.3) is 0 Å². The van der Waals surface area contributed by atoms with E-state index in [1.165, 1.54) is 32.1 Å². The number of rotatable bonds is 10. The molecule has 0 radical (unpaired) electrons. The van der Waals surface area contributed by atoms with Gasteiger partial charge in [0, 0.05) is 13.2 Å². The first-order valence-electron chi connectivity index (χ1n) is 7.23. The third-order valence-corrected chi connectivity index (χ3v) is 3.87. The summed E-state index contributed by atoms with van der Waals surface area (Å²) in [5, 5.41) is 3.51. The molecule has 0 bridgehead atoms. The molecule has 1 N–H and O–H groups in total. The number of nitrogens with one attached hydrogen (secondary N) is 1. The van der Waals surface area contributed by atoms with Crippen molar-refractivity contribution in [3.05, 3.63) is 0 Å². The number of hydrogen-bond donors (Lipinski definition) is 1. The average Bonchev–Trinajstić information content (AvgIpc) is 2.30. The number of methoxy groups -OCH3 is 1. The maximum Gasteiger partial charge on any atom is 0.0623 e. The molecule has 1 atom stereocenters. The summed E-state index contributed by atoms with van der Waals surface area (Å²) in [6, 6.07) is 0.643. The fourth-order valence-corrected chi connectivity index (χ4v) is 2.51. The monoisotopic (exact) mass is 243 g/mol. The molecule has 0 aromatic heterocycles. The van der Waals surface area contributed by atoms with Crippen molar-refractivity contribution < 1.29 is 4.74 Å². The van der Waals surface area contributed by atoms with Gasteiger partial charge in [-0.25, -0.2) is 0 Å². The topological polar surface area (TPSA) is 21.3 Å². The minimum absolute atomic E-state index is 0.0120. The predicted molar refractivity (Wildman–Crippen MR) is 76.5 cm³/mol. The molecule has 0 fully saturated rings. The Hall–Kier alpha value is -0.0800. The van der Waals surface area contributed by atoms with Crippen LogP contribution in [0.3, 0.4) is 0 Å². The van der Waals surface area contributed by atoms with E-state index in [0.29, 0.717) is 6.04 Å². The van der Waals surface area contributed by atoms with Crippen LogP contribution in [0, 0.1) is 5.92 Å². The fraction of sp³-hybridized carbons (Fsp3) is 1.00. The number of hydrogen-bond acceptors (Lipinski definition) is 2. The molecule has 0 saturated carbocycles. The van der Waals surface area contributed by atoms with Crippen LogP contribution in [-0.4, -0.2) is 25.8 Å². The van der Waals surface area contributed by atoms with Crippen molar-refractivity contribution in [2.24, 2.45) is 5.92 Å². The van der Waals surface area contributed by atoms with Crippen LogP contribution in [0.25, 0.3) is 0 Å². The van der Waals surface area contributed by atoms with Gasteiger partial charge in [-0.3, -0.25) is 0 Å². The largest absolute Gasteiger partial charge is 0.379 e. The van der Waals surface area contributed by atoms with Crippen molar-refractivity contribution in [3.63, 3.8) is 0 Å². The maximum absolute atomic E-state index is 5.50. The summed E-state index contributed by atoms with van der Waals surface area (Å²) in [5.74, 6) is 0.822. The normalized spacial score (nSPS) is 14.3. The van der Waals surface area contributed by atoms with E-state index in [4.69, 9.17) is 4.74 Å². The van der Waals surface area contributed by atoms with E-state index in [9.17, 15) is 0 Å². The zero-order valence-electron chi connectivity index (χ0n) is 12.8. The van der Waals surface area contributed by atoms with Crippen molar-refractivity contribution in [2.75, 3.05) is 14.2 Å². The minimum atomic E-state index is 0.0120. The summed E-state index contributed by atoms with van der Waals surface area (Å²) in [4.78, 5) is 0. The van der Waals surface area contributed by atoms with E-state index in [2.05, 4.69) is 40.1 Å². The van der Waals surface area contributed by atoms with E-state index < -0.39 is 0 Å². The van der Waals surface area contributed by atoms with Gasteiger partial charge in [-0.1, -0.05) is 26.7 Å².